The summed E-state index contributed by atoms with van der Waals surface area (Å²) in [5, 5.41) is 3.50. The van der Waals surface area contributed by atoms with Crippen LogP contribution in [0.5, 0.6) is 5.75 Å². The first-order valence-electron chi connectivity index (χ1n) is 7.68. The van der Waals surface area contributed by atoms with Crippen molar-refractivity contribution in [2.75, 3.05) is 0 Å². The monoisotopic (exact) mass is 283 g/mol. The molecule has 1 atom stereocenters. The van der Waals surface area contributed by atoms with Crippen LogP contribution in [0.1, 0.15) is 37.0 Å². The average Bonchev–Trinajstić information content (AvgIpc) is 2.52. The maximum Gasteiger partial charge on any atom is 0.120 e. The molecule has 2 rings (SSSR count). The molecule has 112 valence electrons. The minimum absolute atomic E-state index is 0.543. The molecular weight excluding hydrogens is 258 g/mol. The van der Waals surface area contributed by atoms with Gasteiger partial charge in [-0.1, -0.05) is 43.3 Å². The van der Waals surface area contributed by atoms with Crippen LogP contribution in [0, 0.1) is 6.92 Å². The molecule has 0 radical (unpaired) electrons. The van der Waals surface area contributed by atoms with Crippen LogP contribution in [0.2, 0.25) is 0 Å². The van der Waals surface area contributed by atoms with E-state index in [1.54, 1.807) is 0 Å². The minimum Gasteiger partial charge on any atom is -0.489 e. The highest BCUT2D eigenvalue weighted by atomic mass is 16.5. The summed E-state index contributed by atoms with van der Waals surface area (Å²) in [5.41, 5.74) is 3.77. The quantitative estimate of drug-likeness (QED) is 0.810. The van der Waals surface area contributed by atoms with Crippen molar-refractivity contribution < 1.29 is 4.74 Å². The average molecular weight is 283 g/mol. The van der Waals surface area contributed by atoms with Crippen molar-refractivity contribution in [1.82, 2.24) is 5.32 Å². The second kappa shape index (κ2) is 7.84. The Morgan fingerprint density at radius 3 is 2.67 bits per heavy atom. The van der Waals surface area contributed by atoms with E-state index in [1.165, 1.54) is 16.7 Å². The lowest BCUT2D eigenvalue weighted by Gasteiger charge is -2.13. The van der Waals surface area contributed by atoms with E-state index in [0.717, 1.165) is 18.7 Å². The highest BCUT2D eigenvalue weighted by Gasteiger charge is 2.02. The van der Waals surface area contributed by atoms with Crippen molar-refractivity contribution in [2.45, 2.75) is 46.4 Å². The number of hydrogen-bond donors (Lipinski definition) is 1. The zero-order chi connectivity index (χ0) is 15.1. The van der Waals surface area contributed by atoms with Crippen LogP contribution in [0.25, 0.3) is 0 Å². The molecule has 21 heavy (non-hydrogen) atoms. The van der Waals surface area contributed by atoms with E-state index < -0.39 is 0 Å². The van der Waals surface area contributed by atoms with Crippen molar-refractivity contribution in [1.29, 1.82) is 0 Å². The molecule has 0 saturated carbocycles. The Hall–Kier alpha value is -1.80. The first-order chi connectivity index (χ1) is 10.2. The molecule has 0 spiro atoms. The highest BCUT2D eigenvalue weighted by Crippen LogP contribution is 2.16. The van der Waals surface area contributed by atoms with E-state index in [2.05, 4.69) is 68.6 Å². The lowest BCUT2D eigenvalue weighted by molar-refractivity contribution is 0.305. The lowest BCUT2D eigenvalue weighted by Crippen LogP contribution is -2.24. The zero-order valence-corrected chi connectivity index (χ0v) is 13.2. The van der Waals surface area contributed by atoms with Gasteiger partial charge in [-0.05, 0) is 49.1 Å². The minimum atomic E-state index is 0.543. The molecule has 0 amide bonds. The van der Waals surface area contributed by atoms with Gasteiger partial charge in [0.1, 0.15) is 12.4 Å². The van der Waals surface area contributed by atoms with E-state index in [-0.39, 0.29) is 0 Å². The van der Waals surface area contributed by atoms with Crippen LogP contribution in [0.4, 0.5) is 0 Å². The third-order valence-corrected chi connectivity index (χ3v) is 3.82. The molecule has 1 N–H and O–H groups in total. The van der Waals surface area contributed by atoms with E-state index in [9.17, 15) is 0 Å². The molecular formula is C19H25NO. The molecule has 0 aliphatic carbocycles. The molecule has 0 bridgehead atoms. The fourth-order valence-electron chi connectivity index (χ4n) is 2.11. The number of hydrogen-bond acceptors (Lipinski definition) is 2. The van der Waals surface area contributed by atoms with Gasteiger partial charge in [-0.25, -0.2) is 0 Å². The molecule has 0 aliphatic rings. The van der Waals surface area contributed by atoms with Crippen LogP contribution in [-0.2, 0) is 13.2 Å². The summed E-state index contributed by atoms with van der Waals surface area (Å²) in [6.45, 7) is 8.02. The van der Waals surface area contributed by atoms with Gasteiger partial charge in [-0.15, -0.1) is 0 Å². The molecule has 0 aromatic heterocycles. The van der Waals surface area contributed by atoms with Crippen LogP contribution in [0.15, 0.2) is 48.5 Å². The Morgan fingerprint density at radius 2 is 1.90 bits per heavy atom. The Labute approximate surface area is 128 Å². The van der Waals surface area contributed by atoms with Gasteiger partial charge < -0.3 is 10.1 Å². The van der Waals surface area contributed by atoms with Gasteiger partial charge in [-0.3, -0.25) is 0 Å². The fourth-order valence-corrected chi connectivity index (χ4v) is 2.11. The highest BCUT2D eigenvalue weighted by molar-refractivity contribution is 5.30. The Bertz CT molecular complexity index is 565. The van der Waals surface area contributed by atoms with Crippen LogP contribution in [0.3, 0.4) is 0 Å². The van der Waals surface area contributed by atoms with Gasteiger partial charge >= 0.3 is 0 Å². The first-order valence-corrected chi connectivity index (χ1v) is 7.68. The standard InChI is InChI=1S/C19H25NO/c1-4-16(3)20-13-17-9-7-11-19(12-17)21-14-18-10-6-5-8-15(18)2/h5-12,16,20H,4,13-14H2,1-3H3/t16-/m1/s1. The number of rotatable bonds is 7. The summed E-state index contributed by atoms with van der Waals surface area (Å²) >= 11 is 0. The normalized spacial score (nSPS) is 12.1. The molecule has 2 aromatic rings. The summed E-state index contributed by atoms with van der Waals surface area (Å²) < 4.78 is 5.92. The van der Waals surface area contributed by atoms with Gasteiger partial charge in [0.05, 0.1) is 0 Å². The second-order valence-corrected chi connectivity index (χ2v) is 5.55. The van der Waals surface area contributed by atoms with E-state index in [1.807, 2.05) is 6.07 Å². The van der Waals surface area contributed by atoms with Crippen LogP contribution in [-0.4, -0.2) is 6.04 Å². The summed E-state index contributed by atoms with van der Waals surface area (Å²) in [4.78, 5) is 0. The Balaban J connectivity index is 1.93. The molecule has 2 heteroatoms. The number of benzene rings is 2. The molecule has 0 fully saturated rings. The summed E-state index contributed by atoms with van der Waals surface area (Å²) in [7, 11) is 0. The SMILES string of the molecule is CC[C@@H](C)NCc1cccc(OCc2ccccc2C)c1. The van der Waals surface area contributed by atoms with Crippen LogP contribution < -0.4 is 10.1 Å². The zero-order valence-electron chi connectivity index (χ0n) is 13.2. The van der Waals surface area contributed by atoms with E-state index >= 15 is 0 Å². The van der Waals surface area contributed by atoms with Gasteiger partial charge in [0.2, 0.25) is 0 Å². The number of aryl methyl sites for hydroxylation is 1. The summed E-state index contributed by atoms with van der Waals surface area (Å²) in [6.07, 6.45) is 1.14. The van der Waals surface area contributed by atoms with Crippen molar-refractivity contribution >= 4 is 0 Å². The van der Waals surface area contributed by atoms with Gasteiger partial charge in [-0.2, -0.15) is 0 Å². The lowest BCUT2D eigenvalue weighted by atomic mass is 10.1. The maximum absolute atomic E-state index is 5.92. The Kier molecular flexibility index (Phi) is 5.82. The molecule has 2 nitrogen and oxygen atoms in total. The second-order valence-electron chi connectivity index (χ2n) is 5.55. The van der Waals surface area contributed by atoms with Crippen molar-refractivity contribution in [3.05, 3.63) is 65.2 Å². The smallest absolute Gasteiger partial charge is 0.120 e. The predicted octanol–water partition coefficient (Wildman–Crippen LogP) is 4.46. The third-order valence-electron chi connectivity index (χ3n) is 3.82. The van der Waals surface area contributed by atoms with Crippen molar-refractivity contribution in [2.24, 2.45) is 0 Å². The molecule has 0 unspecified atom stereocenters. The van der Waals surface area contributed by atoms with Crippen molar-refractivity contribution in [3.63, 3.8) is 0 Å². The predicted molar refractivity (Wildman–Crippen MR) is 88.5 cm³/mol. The third kappa shape index (κ3) is 4.91. The number of ether oxygens (including phenoxy) is 1. The number of nitrogens with one attached hydrogen (secondary N) is 1. The largest absolute Gasteiger partial charge is 0.489 e. The maximum atomic E-state index is 5.92. The molecule has 0 saturated heterocycles. The van der Waals surface area contributed by atoms with E-state index in [0.29, 0.717) is 12.6 Å². The van der Waals surface area contributed by atoms with Gasteiger partial charge in [0.25, 0.3) is 0 Å². The van der Waals surface area contributed by atoms with Gasteiger partial charge in [0.15, 0.2) is 0 Å². The topological polar surface area (TPSA) is 21.3 Å². The summed E-state index contributed by atoms with van der Waals surface area (Å²) in [5.74, 6) is 0.932. The molecule has 0 heterocycles. The van der Waals surface area contributed by atoms with E-state index in [4.69, 9.17) is 4.74 Å². The summed E-state index contributed by atoms with van der Waals surface area (Å²) in [6, 6.07) is 17.2. The van der Waals surface area contributed by atoms with Gasteiger partial charge in [0, 0.05) is 12.6 Å². The van der Waals surface area contributed by atoms with Crippen molar-refractivity contribution in [3.8, 4) is 5.75 Å². The fraction of sp³-hybridized carbons (Fsp3) is 0.368. The first kappa shape index (κ1) is 15.6. The Morgan fingerprint density at radius 1 is 1.10 bits per heavy atom. The van der Waals surface area contributed by atoms with Crippen LogP contribution >= 0.6 is 0 Å². The molecule has 0 aliphatic heterocycles. The molecule has 2 aromatic carbocycles.